The summed E-state index contributed by atoms with van der Waals surface area (Å²) >= 11 is 0. The van der Waals surface area contributed by atoms with Gasteiger partial charge in [0.15, 0.2) is 0 Å². The number of sulfonamides is 1. The summed E-state index contributed by atoms with van der Waals surface area (Å²) in [7, 11) is -2.31. The summed E-state index contributed by atoms with van der Waals surface area (Å²) in [5.74, 6) is -0.188. The quantitative estimate of drug-likeness (QED) is 0.784. The van der Waals surface area contributed by atoms with Gasteiger partial charge in [-0.2, -0.15) is 0 Å². The number of hydrogen-bond acceptors (Lipinski definition) is 4. The fourth-order valence-corrected chi connectivity index (χ4v) is 3.72. The molecule has 0 aliphatic rings. The molecule has 0 aliphatic carbocycles. The van der Waals surface area contributed by atoms with E-state index < -0.39 is 15.8 Å². The van der Waals surface area contributed by atoms with Crippen molar-refractivity contribution in [2.24, 2.45) is 0 Å². The number of methoxy groups -OCH3 is 1. The van der Waals surface area contributed by atoms with Crippen LogP contribution in [-0.2, 0) is 14.8 Å². The third-order valence-corrected chi connectivity index (χ3v) is 5.53. The summed E-state index contributed by atoms with van der Waals surface area (Å²) in [5, 5.41) is 0. The van der Waals surface area contributed by atoms with Gasteiger partial charge in [0.2, 0.25) is 15.9 Å². The molecule has 2 rings (SSSR count). The number of rotatable bonds is 7. The standard InChI is InChI=1S/C19H23FN2O4S/c1-13-5-8-19(26-4)18(11-13)22(15(3)23)10-9-21-27(24,25)16-6-7-17(20)14(2)12-16/h5-8,11-12,21H,9-10H2,1-4H3. The third-order valence-electron chi connectivity index (χ3n) is 4.07. The first-order valence-electron chi connectivity index (χ1n) is 8.34. The molecular formula is C19H23FN2O4S. The summed E-state index contributed by atoms with van der Waals surface area (Å²) in [4.78, 5) is 13.5. The number of halogens is 1. The lowest BCUT2D eigenvalue weighted by Gasteiger charge is -2.24. The summed E-state index contributed by atoms with van der Waals surface area (Å²) in [6, 6.07) is 9.01. The fraction of sp³-hybridized carbons (Fsp3) is 0.316. The minimum atomic E-state index is -3.81. The highest BCUT2D eigenvalue weighted by Crippen LogP contribution is 2.29. The van der Waals surface area contributed by atoms with Gasteiger partial charge in [-0.25, -0.2) is 17.5 Å². The van der Waals surface area contributed by atoms with Crippen molar-refractivity contribution >= 4 is 21.6 Å². The molecule has 2 aromatic carbocycles. The van der Waals surface area contributed by atoms with E-state index in [9.17, 15) is 17.6 Å². The highest BCUT2D eigenvalue weighted by Gasteiger charge is 2.19. The second-order valence-electron chi connectivity index (χ2n) is 6.15. The first-order valence-corrected chi connectivity index (χ1v) is 9.82. The third kappa shape index (κ3) is 5.05. The molecule has 0 saturated carbocycles. The van der Waals surface area contributed by atoms with Crippen LogP contribution >= 0.6 is 0 Å². The van der Waals surface area contributed by atoms with E-state index in [1.165, 1.54) is 38.0 Å². The van der Waals surface area contributed by atoms with Gasteiger partial charge in [-0.3, -0.25) is 4.79 Å². The predicted octanol–water partition coefficient (Wildman–Crippen LogP) is 2.78. The van der Waals surface area contributed by atoms with Gasteiger partial charge in [0, 0.05) is 20.0 Å². The van der Waals surface area contributed by atoms with E-state index in [-0.39, 0.29) is 29.5 Å². The molecule has 0 fully saturated rings. The molecule has 2 aromatic rings. The molecule has 0 heterocycles. The zero-order chi connectivity index (χ0) is 20.2. The Bertz CT molecular complexity index is 945. The molecule has 1 amide bonds. The van der Waals surface area contributed by atoms with Crippen LogP contribution in [0.4, 0.5) is 10.1 Å². The van der Waals surface area contributed by atoms with Gasteiger partial charge in [0.25, 0.3) is 0 Å². The predicted molar refractivity (Wildman–Crippen MR) is 102 cm³/mol. The van der Waals surface area contributed by atoms with Crippen molar-refractivity contribution < 1.29 is 22.3 Å². The minimum Gasteiger partial charge on any atom is -0.495 e. The number of hydrogen-bond donors (Lipinski definition) is 1. The van der Waals surface area contributed by atoms with Crippen molar-refractivity contribution in [2.45, 2.75) is 25.7 Å². The van der Waals surface area contributed by atoms with Gasteiger partial charge < -0.3 is 9.64 Å². The molecule has 0 unspecified atom stereocenters. The Balaban J connectivity index is 2.16. The van der Waals surface area contributed by atoms with E-state index in [0.717, 1.165) is 11.6 Å². The summed E-state index contributed by atoms with van der Waals surface area (Å²) < 4.78 is 45.9. The molecule has 8 heteroatoms. The van der Waals surface area contributed by atoms with Crippen LogP contribution in [0, 0.1) is 19.7 Å². The lowest BCUT2D eigenvalue weighted by Crippen LogP contribution is -2.37. The maximum Gasteiger partial charge on any atom is 0.240 e. The maximum atomic E-state index is 13.4. The second kappa shape index (κ2) is 8.49. The number of aryl methyl sites for hydroxylation is 2. The Labute approximate surface area is 159 Å². The monoisotopic (exact) mass is 394 g/mol. The zero-order valence-corrected chi connectivity index (χ0v) is 16.6. The minimum absolute atomic E-state index is 0.00453. The number of anilines is 1. The molecule has 1 N–H and O–H groups in total. The second-order valence-corrected chi connectivity index (χ2v) is 7.92. The Morgan fingerprint density at radius 2 is 1.89 bits per heavy atom. The number of carbonyl (C=O) groups is 1. The van der Waals surface area contributed by atoms with Crippen LogP contribution in [0.3, 0.4) is 0 Å². The SMILES string of the molecule is COc1ccc(C)cc1N(CCNS(=O)(=O)c1ccc(F)c(C)c1)C(C)=O. The number of benzene rings is 2. The van der Waals surface area contributed by atoms with Crippen LogP contribution in [0.15, 0.2) is 41.3 Å². The molecule has 0 saturated heterocycles. The average Bonchev–Trinajstić information content (AvgIpc) is 2.60. The number of carbonyl (C=O) groups excluding carboxylic acids is 1. The highest BCUT2D eigenvalue weighted by atomic mass is 32.2. The molecule has 0 aliphatic heterocycles. The Kier molecular flexibility index (Phi) is 6.56. The van der Waals surface area contributed by atoms with Crippen LogP contribution in [0.5, 0.6) is 5.75 Å². The van der Waals surface area contributed by atoms with Crippen molar-refractivity contribution in [3.63, 3.8) is 0 Å². The van der Waals surface area contributed by atoms with E-state index in [1.807, 2.05) is 13.0 Å². The molecule has 0 spiro atoms. The number of nitrogens with zero attached hydrogens (tertiary/aromatic N) is 1. The molecule has 27 heavy (non-hydrogen) atoms. The van der Waals surface area contributed by atoms with Crippen LogP contribution in [-0.4, -0.2) is 34.5 Å². The Hall–Kier alpha value is -2.45. The molecule has 146 valence electrons. The van der Waals surface area contributed by atoms with Crippen molar-refractivity contribution in [2.75, 3.05) is 25.1 Å². The van der Waals surface area contributed by atoms with Gasteiger partial charge in [0.1, 0.15) is 11.6 Å². The van der Waals surface area contributed by atoms with Gasteiger partial charge in [0.05, 0.1) is 17.7 Å². The summed E-state index contributed by atoms with van der Waals surface area (Å²) in [5.41, 5.74) is 1.76. The maximum absolute atomic E-state index is 13.4. The van der Waals surface area contributed by atoms with E-state index in [0.29, 0.717) is 11.4 Å². The number of ether oxygens (including phenoxy) is 1. The lowest BCUT2D eigenvalue weighted by molar-refractivity contribution is -0.116. The molecule has 0 atom stereocenters. The smallest absolute Gasteiger partial charge is 0.240 e. The highest BCUT2D eigenvalue weighted by molar-refractivity contribution is 7.89. The first-order chi connectivity index (χ1) is 12.7. The number of nitrogens with one attached hydrogen (secondary N) is 1. The normalized spacial score (nSPS) is 11.3. The molecule has 0 bridgehead atoms. The largest absolute Gasteiger partial charge is 0.495 e. The lowest BCUT2D eigenvalue weighted by atomic mass is 10.2. The number of amides is 1. The van der Waals surface area contributed by atoms with Crippen LogP contribution in [0.1, 0.15) is 18.1 Å². The topological polar surface area (TPSA) is 75.7 Å². The molecular weight excluding hydrogens is 371 g/mol. The van der Waals surface area contributed by atoms with E-state index >= 15 is 0 Å². The van der Waals surface area contributed by atoms with Gasteiger partial charge >= 0.3 is 0 Å². The molecule has 6 nitrogen and oxygen atoms in total. The van der Waals surface area contributed by atoms with Crippen LogP contribution in [0.25, 0.3) is 0 Å². The zero-order valence-electron chi connectivity index (χ0n) is 15.7. The van der Waals surface area contributed by atoms with E-state index in [4.69, 9.17) is 4.74 Å². The van der Waals surface area contributed by atoms with Crippen molar-refractivity contribution in [3.8, 4) is 5.75 Å². The van der Waals surface area contributed by atoms with Gasteiger partial charge in [-0.15, -0.1) is 0 Å². The Morgan fingerprint density at radius 1 is 1.19 bits per heavy atom. The summed E-state index contributed by atoms with van der Waals surface area (Å²) in [6.45, 7) is 4.90. The van der Waals surface area contributed by atoms with E-state index in [2.05, 4.69) is 4.72 Å². The van der Waals surface area contributed by atoms with Gasteiger partial charge in [-0.05, 0) is 55.3 Å². The molecule has 0 aromatic heterocycles. The fourth-order valence-electron chi connectivity index (χ4n) is 2.62. The van der Waals surface area contributed by atoms with Crippen molar-refractivity contribution in [1.82, 2.24) is 4.72 Å². The average molecular weight is 394 g/mol. The van der Waals surface area contributed by atoms with E-state index in [1.54, 1.807) is 12.1 Å². The first kappa shape index (κ1) is 20.9. The molecule has 0 radical (unpaired) electrons. The van der Waals surface area contributed by atoms with Crippen molar-refractivity contribution in [3.05, 3.63) is 53.3 Å². The van der Waals surface area contributed by atoms with Gasteiger partial charge in [-0.1, -0.05) is 6.07 Å². The van der Waals surface area contributed by atoms with Crippen LogP contribution < -0.4 is 14.4 Å². The summed E-state index contributed by atoms with van der Waals surface area (Å²) in [6.07, 6.45) is 0. The van der Waals surface area contributed by atoms with Crippen molar-refractivity contribution in [1.29, 1.82) is 0 Å². The van der Waals surface area contributed by atoms with Crippen LogP contribution in [0.2, 0.25) is 0 Å². The Morgan fingerprint density at radius 3 is 2.48 bits per heavy atom.